The van der Waals surface area contributed by atoms with Crippen molar-refractivity contribution in [2.24, 2.45) is 0 Å². The standard InChI is InChI=1S/C26H25N3O3S/c1-3-15-31-21-12-8-18(9-13-21)24(30)29-26(33)27-20-10-6-19(7-11-20)25-28-22-16-17(4-2)5-14-23(22)32-25/h5-14,16H,3-4,15H2,1-2H3,(H2,27,29,30,33). The molecule has 0 aliphatic heterocycles. The molecule has 168 valence electrons. The largest absolute Gasteiger partial charge is 0.494 e. The number of fused-ring (bicyclic) bond motifs is 1. The molecule has 0 aliphatic rings. The molecule has 0 atom stereocenters. The van der Waals surface area contributed by atoms with Crippen LogP contribution in [-0.4, -0.2) is 22.6 Å². The lowest BCUT2D eigenvalue weighted by Crippen LogP contribution is -2.34. The molecular weight excluding hydrogens is 434 g/mol. The highest BCUT2D eigenvalue weighted by molar-refractivity contribution is 7.80. The maximum absolute atomic E-state index is 12.4. The third-order valence-electron chi connectivity index (χ3n) is 5.07. The van der Waals surface area contributed by atoms with Crippen molar-refractivity contribution in [3.63, 3.8) is 0 Å². The summed E-state index contributed by atoms with van der Waals surface area (Å²) in [5.74, 6) is 1.01. The molecule has 0 unspecified atom stereocenters. The summed E-state index contributed by atoms with van der Waals surface area (Å²) in [4.78, 5) is 17.0. The van der Waals surface area contributed by atoms with Crippen molar-refractivity contribution in [2.45, 2.75) is 26.7 Å². The van der Waals surface area contributed by atoms with Crippen LogP contribution in [0.2, 0.25) is 0 Å². The van der Waals surface area contributed by atoms with Crippen LogP contribution in [-0.2, 0) is 6.42 Å². The van der Waals surface area contributed by atoms with Gasteiger partial charge in [-0.25, -0.2) is 4.98 Å². The van der Waals surface area contributed by atoms with Crippen molar-refractivity contribution in [1.29, 1.82) is 0 Å². The molecule has 1 amide bonds. The lowest BCUT2D eigenvalue weighted by Gasteiger charge is -2.10. The highest BCUT2D eigenvalue weighted by Crippen LogP contribution is 2.26. The molecule has 0 radical (unpaired) electrons. The van der Waals surface area contributed by atoms with Crippen molar-refractivity contribution in [3.8, 4) is 17.2 Å². The van der Waals surface area contributed by atoms with E-state index in [9.17, 15) is 4.79 Å². The number of aryl methyl sites for hydroxylation is 1. The zero-order chi connectivity index (χ0) is 23.2. The minimum atomic E-state index is -0.288. The number of thiocarbonyl (C=S) groups is 1. The van der Waals surface area contributed by atoms with Gasteiger partial charge in [0.05, 0.1) is 6.61 Å². The molecule has 1 heterocycles. The molecule has 6 nitrogen and oxygen atoms in total. The number of hydrogen-bond acceptors (Lipinski definition) is 5. The minimum absolute atomic E-state index is 0.216. The van der Waals surface area contributed by atoms with E-state index in [1.54, 1.807) is 24.3 Å². The van der Waals surface area contributed by atoms with Crippen LogP contribution >= 0.6 is 12.2 Å². The summed E-state index contributed by atoms with van der Waals surface area (Å²) in [7, 11) is 0. The Bertz CT molecular complexity index is 1260. The predicted octanol–water partition coefficient (Wildman–Crippen LogP) is 5.97. The van der Waals surface area contributed by atoms with Gasteiger partial charge in [0.1, 0.15) is 11.3 Å². The van der Waals surface area contributed by atoms with Crippen LogP contribution in [0.25, 0.3) is 22.6 Å². The monoisotopic (exact) mass is 459 g/mol. The number of nitrogens with zero attached hydrogens (tertiary/aromatic N) is 1. The summed E-state index contributed by atoms with van der Waals surface area (Å²) in [6.45, 7) is 4.80. The Labute approximate surface area is 198 Å². The highest BCUT2D eigenvalue weighted by Gasteiger charge is 2.11. The number of oxazole rings is 1. The summed E-state index contributed by atoms with van der Waals surface area (Å²) in [5, 5.41) is 5.93. The second kappa shape index (κ2) is 10.3. The number of rotatable bonds is 7. The fourth-order valence-corrected chi connectivity index (χ4v) is 3.48. The van der Waals surface area contributed by atoms with Crippen LogP contribution in [0, 0.1) is 0 Å². The van der Waals surface area contributed by atoms with E-state index >= 15 is 0 Å². The molecule has 7 heteroatoms. The van der Waals surface area contributed by atoms with Crippen molar-refractivity contribution in [2.75, 3.05) is 11.9 Å². The number of amides is 1. The Kier molecular flexibility index (Phi) is 7.00. The molecule has 0 aliphatic carbocycles. The van der Waals surface area contributed by atoms with Gasteiger partial charge in [0.2, 0.25) is 5.89 Å². The second-order valence-corrected chi connectivity index (χ2v) is 7.94. The molecule has 0 spiro atoms. The number of aromatic nitrogens is 1. The summed E-state index contributed by atoms with van der Waals surface area (Å²) in [6, 6.07) is 20.5. The van der Waals surface area contributed by atoms with Gasteiger partial charge in [-0.2, -0.15) is 0 Å². The molecule has 1 aromatic heterocycles. The smallest absolute Gasteiger partial charge is 0.257 e. The second-order valence-electron chi connectivity index (χ2n) is 7.53. The number of hydrogen-bond donors (Lipinski definition) is 2. The van der Waals surface area contributed by atoms with E-state index in [0.29, 0.717) is 18.1 Å². The van der Waals surface area contributed by atoms with Crippen LogP contribution in [0.3, 0.4) is 0 Å². The summed E-state index contributed by atoms with van der Waals surface area (Å²) >= 11 is 5.29. The van der Waals surface area contributed by atoms with Gasteiger partial charge in [-0.15, -0.1) is 0 Å². The van der Waals surface area contributed by atoms with E-state index in [1.807, 2.05) is 49.4 Å². The zero-order valence-corrected chi connectivity index (χ0v) is 19.4. The van der Waals surface area contributed by atoms with Gasteiger partial charge in [0.15, 0.2) is 10.7 Å². The van der Waals surface area contributed by atoms with Gasteiger partial charge in [-0.05, 0) is 91.3 Å². The van der Waals surface area contributed by atoms with Gasteiger partial charge < -0.3 is 14.5 Å². The van der Waals surface area contributed by atoms with Gasteiger partial charge in [0, 0.05) is 16.8 Å². The Morgan fingerprint density at radius 3 is 2.48 bits per heavy atom. The third-order valence-corrected chi connectivity index (χ3v) is 5.27. The van der Waals surface area contributed by atoms with Gasteiger partial charge in [0.25, 0.3) is 5.91 Å². The highest BCUT2D eigenvalue weighted by atomic mass is 32.1. The van der Waals surface area contributed by atoms with Crippen molar-refractivity contribution >= 4 is 40.0 Å². The topological polar surface area (TPSA) is 76.4 Å². The SMILES string of the molecule is CCCOc1ccc(C(=O)NC(=S)Nc2ccc(-c3nc4cc(CC)ccc4o3)cc2)cc1. The molecule has 2 N–H and O–H groups in total. The van der Waals surface area contributed by atoms with Crippen LogP contribution in [0.15, 0.2) is 71.1 Å². The molecule has 0 fully saturated rings. The number of ether oxygens (including phenoxy) is 1. The number of benzene rings is 3. The number of nitrogens with one attached hydrogen (secondary N) is 2. The molecule has 4 rings (SSSR count). The van der Waals surface area contributed by atoms with Gasteiger partial charge >= 0.3 is 0 Å². The first-order valence-electron chi connectivity index (χ1n) is 10.9. The molecule has 0 saturated heterocycles. The maximum atomic E-state index is 12.4. The van der Waals surface area contributed by atoms with E-state index in [1.165, 1.54) is 5.56 Å². The Morgan fingerprint density at radius 1 is 1.03 bits per heavy atom. The first kappa shape index (κ1) is 22.5. The fraction of sp³-hybridized carbons (Fsp3) is 0.192. The van der Waals surface area contributed by atoms with Crippen molar-refractivity contribution in [3.05, 3.63) is 77.9 Å². The Balaban J connectivity index is 1.36. The van der Waals surface area contributed by atoms with Crippen LogP contribution < -0.4 is 15.4 Å². The average molecular weight is 460 g/mol. The van der Waals surface area contributed by atoms with Crippen LogP contribution in [0.4, 0.5) is 5.69 Å². The normalized spacial score (nSPS) is 10.7. The summed E-state index contributed by atoms with van der Waals surface area (Å²) < 4.78 is 11.4. The Hall–Kier alpha value is -3.71. The molecule has 3 aromatic carbocycles. The van der Waals surface area contributed by atoms with E-state index in [4.69, 9.17) is 21.4 Å². The first-order valence-corrected chi connectivity index (χ1v) is 11.3. The Morgan fingerprint density at radius 2 is 1.79 bits per heavy atom. The molecule has 0 bridgehead atoms. The molecule has 33 heavy (non-hydrogen) atoms. The molecule has 4 aromatic rings. The van der Waals surface area contributed by atoms with Crippen LogP contribution in [0.5, 0.6) is 5.75 Å². The number of carbonyl (C=O) groups is 1. The minimum Gasteiger partial charge on any atom is -0.494 e. The van der Waals surface area contributed by atoms with Gasteiger partial charge in [-0.3, -0.25) is 10.1 Å². The number of carbonyl (C=O) groups excluding carboxylic acids is 1. The molecule has 0 saturated carbocycles. The van der Waals surface area contributed by atoms with E-state index < -0.39 is 0 Å². The average Bonchev–Trinajstić information content (AvgIpc) is 3.26. The number of anilines is 1. The van der Waals surface area contributed by atoms with E-state index in [0.717, 1.165) is 40.9 Å². The van der Waals surface area contributed by atoms with Crippen molar-refractivity contribution in [1.82, 2.24) is 10.3 Å². The fourth-order valence-electron chi connectivity index (χ4n) is 3.27. The predicted molar refractivity (Wildman–Crippen MR) is 135 cm³/mol. The molecular formula is C26H25N3O3S. The maximum Gasteiger partial charge on any atom is 0.257 e. The summed E-state index contributed by atoms with van der Waals surface area (Å²) in [6.07, 6.45) is 1.88. The van der Waals surface area contributed by atoms with E-state index in [2.05, 4.69) is 22.5 Å². The quantitative estimate of drug-likeness (QED) is 0.332. The van der Waals surface area contributed by atoms with Crippen LogP contribution in [0.1, 0.15) is 36.2 Å². The summed E-state index contributed by atoms with van der Waals surface area (Å²) in [5.41, 5.74) is 4.93. The van der Waals surface area contributed by atoms with E-state index in [-0.39, 0.29) is 11.0 Å². The lowest BCUT2D eigenvalue weighted by atomic mass is 10.1. The third kappa shape index (κ3) is 5.56. The zero-order valence-electron chi connectivity index (χ0n) is 18.6. The van der Waals surface area contributed by atoms with Gasteiger partial charge in [-0.1, -0.05) is 19.9 Å². The lowest BCUT2D eigenvalue weighted by molar-refractivity contribution is 0.0977. The van der Waals surface area contributed by atoms with Crippen molar-refractivity contribution < 1.29 is 13.9 Å². The first-order chi connectivity index (χ1) is 16.1.